The van der Waals surface area contributed by atoms with E-state index in [1.54, 1.807) is 11.3 Å². The molecule has 2 heterocycles. The van der Waals surface area contributed by atoms with E-state index in [-0.39, 0.29) is 30.4 Å². The minimum Gasteiger partial charge on any atom is -0.354 e. The number of amides is 2. The second kappa shape index (κ2) is 8.22. The van der Waals surface area contributed by atoms with Gasteiger partial charge in [0.15, 0.2) is 0 Å². The number of nitrogens with one attached hydrogen (secondary N) is 2. The third-order valence-corrected chi connectivity index (χ3v) is 5.03. The fourth-order valence-electron chi connectivity index (χ4n) is 3.54. The van der Waals surface area contributed by atoms with Crippen molar-refractivity contribution in [3.63, 3.8) is 0 Å². The molecule has 28 heavy (non-hydrogen) atoms. The summed E-state index contributed by atoms with van der Waals surface area (Å²) < 4.78 is 0. The summed E-state index contributed by atoms with van der Waals surface area (Å²) >= 11 is 0. The van der Waals surface area contributed by atoms with Gasteiger partial charge in [-0.15, -0.1) is 0 Å². The molecule has 2 aromatic rings. The molecule has 2 aromatic carbocycles. The van der Waals surface area contributed by atoms with E-state index in [4.69, 9.17) is 0 Å². The van der Waals surface area contributed by atoms with Gasteiger partial charge in [0.25, 0.3) is 5.91 Å². The third kappa shape index (κ3) is 4.04. The molecule has 1 fully saturated rings. The van der Waals surface area contributed by atoms with Crippen LogP contribution in [0.4, 0.5) is 0 Å². The van der Waals surface area contributed by atoms with Gasteiger partial charge in [-0.1, -0.05) is 60.7 Å². The van der Waals surface area contributed by atoms with E-state index < -0.39 is 0 Å². The molecule has 2 amide bonds. The van der Waals surface area contributed by atoms with E-state index >= 15 is 0 Å². The molecule has 0 aliphatic carbocycles. The summed E-state index contributed by atoms with van der Waals surface area (Å²) in [6, 6.07) is 19.7. The highest BCUT2D eigenvalue weighted by molar-refractivity contribution is 5.91. The van der Waals surface area contributed by atoms with Crippen molar-refractivity contribution < 1.29 is 9.59 Å². The predicted molar refractivity (Wildman–Crippen MR) is 106 cm³/mol. The molecule has 2 aliphatic rings. The van der Waals surface area contributed by atoms with Gasteiger partial charge in [-0.3, -0.25) is 14.6 Å². The Morgan fingerprint density at radius 2 is 1.82 bits per heavy atom. The van der Waals surface area contributed by atoms with Gasteiger partial charge >= 0.3 is 0 Å². The lowest BCUT2D eigenvalue weighted by atomic mass is 10.0. The summed E-state index contributed by atoms with van der Waals surface area (Å²) in [5, 5.41) is 10.0. The zero-order valence-corrected chi connectivity index (χ0v) is 15.5. The summed E-state index contributed by atoms with van der Waals surface area (Å²) in [7, 11) is 0. The normalized spacial score (nSPS) is 20.9. The molecule has 2 atom stereocenters. The van der Waals surface area contributed by atoms with Crippen LogP contribution in [0.25, 0.3) is 0 Å². The molecule has 0 bridgehead atoms. The first-order chi connectivity index (χ1) is 13.7. The first-order valence-electron chi connectivity index (χ1n) is 9.46. The molecular weight excluding hydrogens is 354 g/mol. The van der Waals surface area contributed by atoms with Crippen molar-refractivity contribution in [2.24, 2.45) is 5.10 Å². The summed E-state index contributed by atoms with van der Waals surface area (Å²) in [5.41, 5.74) is 5.59. The quantitative estimate of drug-likeness (QED) is 0.799. The number of hydrazone groups is 1. The first kappa shape index (κ1) is 18.2. The van der Waals surface area contributed by atoms with Crippen molar-refractivity contribution in [2.75, 3.05) is 13.1 Å². The molecule has 7 nitrogen and oxygen atoms in total. The molecule has 1 saturated heterocycles. The van der Waals surface area contributed by atoms with Crippen LogP contribution in [0, 0.1) is 0 Å². The van der Waals surface area contributed by atoms with Crippen molar-refractivity contribution in [2.45, 2.75) is 24.9 Å². The molecule has 7 heteroatoms. The standard InChI is InChI=1S/C21H23N5O2/c27-20(22-12-11-16-7-3-1-4-8-16)14-25-21(28)19-13-18(24-26(19)15-23-25)17-9-5-2-6-10-17/h1-10,15,18-19,24H,11-14H2,(H,22,27). The number of benzene rings is 2. The van der Waals surface area contributed by atoms with Gasteiger partial charge < -0.3 is 5.32 Å². The highest BCUT2D eigenvalue weighted by atomic mass is 16.2. The van der Waals surface area contributed by atoms with Crippen LogP contribution in [-0.2, 0) is 16.0 Å². The molecular formula is C21H23N5O2. The average molecular weight is 377 g/mol. The molecule has 2 aliphatic heterocycles. The fourth-order valence-corrected chi connectivity index (χ4v) is 3.54. The van der Waals surface area contributed by atoms with Gasteiger partial charge in [0, 0.05) is 6.54 Å². The number of rotatable bonds is 6. The van der Waals surface area contributed by atoms with Crippen LogP contribution in [0.2, 0.25) is 0 Å². The van der Waals surface area contributed by atoms with Crippen molar-refractivity contribution >= 4 is 18.2 Å². The molecule has 144 valence electrons. The number of carbonyl (C=O) groups is 2. The van der Waals surface area contributed by atoms with E-state index in [0.717, 1.165) is 17.5 Å². The molecule has 2 N–H and O–H groups in total. The Hall–Kier alpha value is -3.19. The first-order valence-corrected chi connectivity index (χ1v) is 9.46. The second-order valence-electron chi connectivity index (χ2n) is 6.96. The maximum absolute atomic E-state index is 12.8. The largest absolute Gasteiger partial charge is 0.354 e. The summed E-state index contributed by atoms with van der Waals surface area (Å²) in [5.74, 6) is -0.368. The van der Waals surface area contributed by atoms with Gasteiger partial charge in [-0.2, -0.15) is 5.10 Å². The minimum absolute atomic E-state index is 0.0567. The maximum atomic E-state index is 12.8. The van der Waals surface area contributed by atoms with E-state index in [9.17, 15) is 9.59 Å². The van der Waals surface area contributed by atoms with E-state index in [1.165, 1.54) is 5.01 Å². The third-order valence-electron chi connectivity index (χ3n) is 5.03. The number of nitrogens with zero attached hydrogens (tertiary/aromatic N) is 3. The summed E-state index contributed by atoms with van der Waals surface area (Å²) in [6.45, 7) is 0.465. The summed E-state index contributed by atoms with van der Waals surface area (Å²) in [6.07, 6.45) is 2.98. The Balaban J connectivity index is 1.29. The van der Waals surface area contributed by atoms with Crippen LogP contribution in [0.15, 0.2) is 65.8 Å². The van der Waals surface area contributed by atoms with E-state index in [2.05, 4.69) is 15.8 Å². The average Bonchev–Trinajstić information content (AvgIpc) is 3.17. The smallest absolute Gasteiger partial charge is 0.267 e. The summed E-state index contributed by atoms with van der Waals surface area (Å²) in [4.78, 5) is 25.0. The highest BCUT2D eigenvalue weighted by Crippen LogP contribution is 2.29. The van der Waals surface area contributed by atoms with E-state index in [0.29, 0.717) is 13.0 Å². The number of carbonyl (C=O) groups excluding carboxylic acids is 2. The van der Waals surface area contributed by atoms with Crippen molar-refractivity contribution in [1.82, 2.24) is 20.8 Å². The molecule has 4 rings (SSSR count). The van der Waals surface area contributed by atoms with Crippen molar-refractivity contribution in [3.8, 4) is 0 Å². The van der Waals surface area contributed by atoms with Gasteiger partial charge in [-0.05, 0) is 24.0 Å². The monoisotopic (exact) mass is 377 g/mol. The van der Waals surface area contributed by atoms with Gasteiger partial charge in [0.2, 0.25) is 5.91 Å². The lowest BCUT2D eigenvalue weighted by Crippen LogP contribution is -2.52. The Bertz CT molecular complexity index is 856. The van der Waals surface area contributed by atoms with Crippen molar-refractivity contribution in [1.29, 1.82) is 0 Å². The van der Waals surface area contributed by atoms with Gasteiger partial charge in [-0.25, -0.2) is 10.4 Å². The van der Waals surface area contributed by atoms with Crippen LogP contribution in [0.5, 0.6) is 0 Å². The van der Waals surface area contributed by atoms with Crippen molar-refractivity contribution in [3.05, 3.63) is 71.8 Å². The minimum atomic E-state index is -0.347. The van der Waals surface area contributed by atoms with Crippen LogP contribution < -0.4 is 10.7 Å². The fraction of sp³-hybridized carbons (Fsp3) is 0.286. The molecule has 0 saturated carbocycles. The van der Waals surface area contributed by atoms with Crippen LogP contribution in [-0.4, -0.2) is 47.3 Å². The van der Waals surface area contributed by atoms with E-state index in [1.807, 2.05) is 60.7 Å². The Morgan fingerprint density at radius 3 is 2.57 bits per heavy atom. The van der Waals surface area contributed by atoms with Gasteiger partial charge in [0.05, 0.1) is 6.04 Å². The number of hydrogen-bond donors (Lipinski definition) is 2. The lowest BCUT2D eigenvalue weighted by molar-refractivity contribution is -0.140. The molecule has 0 aromatic heterocycles. The maximum Gasteiger partial charge on any atom is 0.267 e. The SMILES string of the molecule is O=C(CN1N=CN2NC(c3ccccc3)CC2C1=O)NCCc1ccccc1. The number of hydrazine groups is 1. The van der Waals surface area contributed by atoms with Crippen LogP contribution in [0.3, 0.4) is 0 Å². The topological polar surface area (TPSA) is 77.0 Å². The van der Waals surface area contributed by atoms with Crippen LogP contribution in [0.1, 0.15) is 23.6 Å². The lowest BCUT2D eigenvalue weighted by Gasteiger charge is -2.29. The van der Waals surface area contributed by atoms with Gasteiger partial charge in [0.1, 0.15) is 18.9 Å². The van der Waals surface area contributed by atoms with Crippen LogP contribution >= 0.6 is 0 Å². The Kier molecular flexibility index (Phi) is 5.34. The zero-order valence-electron chi connectivity index (χ0n) is 15.5. The molecule has 2 unspecified atom stereocenters. The Labute approximate surface area is 164 Å². The molecule has 0 spiro atoms. The Morgan fingerprint density at radius 1 is 1.11 bits per heavy atom. The number of hydrogen-bond acceptors (Lipinski definition) is 5. The number of fused-ring (bicyclic) bond motifs is 1. The molecule has 0 radical (unpaired) electrons. The second-order valence-corrected chi connectivity index (χ2v) is 6.96. The predicted octanol–water partition coefficient (Wildman–Crippen LogP) is 1.45. The highest BCUT2D eigenvalue weighted by Gasteiger charge is 2.41. The zero-order chi connectivity index (χ0) is 19.3.